The Morgan fingerprint density at radius 1 is 1.08 bits per heavy atom. The molecule has 1 saturated heterocycles. The van der Waals surface area contributed by atoms with Crippen LogP contribution in [-0.2, 0) is 11.2 Å². The fraction of sp³-hybridized carbons (Fsp3) is 0.600. The van der Waals surface area contributed by atoms with Crippen LogP contribution in [0.25, 0.3) is 0 Å². The number of carbonyl (C=O) groups is 2. The number of aryl methyl sites for hydroxylation is 2. The molecule has 1 N–H and O–H groups in total. The van der Waals surface area contributed by atoms with E-state index in [2.05, 4.69) is 11.4 Å². The van der Waals surface area contributed by atoms with Gasteiger partial charge in [0.15, 0.2) is 0 Å². The molecule has 0 saturated carbocycles. The van der Waals surface area contributed by atoms with E-state index in [0.29, 0.717) is 32.6 Å². The quantitative estimate of drug-likeness (QED) is 0.900. The largest absolute Gasteiger partial charge is 0.496 e. The Balaban J connectivity index is 1.96. The molecule has 144 valence electrons. The number of amides is 3. The normalized spacial score (nSPS) is 15.0. The summed E-state index contributed by atoms with van der Waals surface area (Å²) in [4.78, 5) is 28.6. The van der Waals surface area contributed by atoms with Crippen molar-refractivity contribution in [1.82, 2.24) is 15.1 Å². The summed E-state index contributed by atoms with van der Waals surface area (Å²) in [5, 5.41) is 2.97. The molecule has 0 aliphatic carbocycles. The van der Waals surface area contributed by atoms with Crippen LogP contribution < -0.4 is 10.1 Å². The Hall–Kier alpha value is -2.24. The minimum Gasteiger partial charge on any atom is -0.496 e. The summed E-state index contributed by atoms with van der Waals surface area (Å²) >= 11 is 0. The van der Waals surface area contributed by atoms with E-state index < -0.39 is 0 Å². The van der Waals surface area contributed by atoms with Crippen LogP contribution in [0.1, 0.15) is 37.5 Å². The number of nitrogens with one attached hydrogen (secondary N) is 1. The lowest BCUT2D eigenvalue weighted by Crippen LogP contribution is -2.56. The van der Waals surface area contributed by atoms with Gasteiger partial charge in [-0.1, -0.05) is 6.07 Å². The molecule has 1 aromatic rings. The number of methoxy groups -OCH3 is 1. The lowest BCUT2D eigenvalue weighted by Gasteiger charge is -2.36. The van der Waals surface area contributed by atoms with Crippen LogP contribution in [0.2, 0.25) is 0 Å². The molecule has 1 aromatic carbocycles. The number of benzene rings is 1. The second-order valence-electron chi connectivity index (χ2n) is 7.99. The first kappa shape index (κ1) is 20.1. The summed E-state index contributed by atoms with van der Waals surface area (Å²) in [6.45, 7) is 12.1. The van der Waals surface area contributed by atoms with Gasteiger partial charge >= 0.3 is 6.03 Å². The van der Waals surface area contributed by atoms with Gasteiger partial charge < -0.3 is 19.9 Å². The highest BCUT2D eigenvalue weighted by molar-refractivity contribution is 5.81. The van der Waals surface area contributed by atoms with E-state index in [1.165, 1.54) is 0 Å². The van der Waals surface area contributed by atoms with Gasteiger partial charge in [-0.2, -0.15) is 0 Å². The van der Waals surface area contributed by atoms with Gasteiger partial charge in [0, 0.05) is 37.3 Å². The van der Waals surface area contributed by atoms with Gasteiger partial charge in [0.25, 0.3) is 0 Å². The van der Waals surface area contributed by atoms with Gasteiger partial charge in [0.1, 0.15) is 5.75 Å². The molecule has 26 heavy (non-hydrogen) atoms. The van der Waals surface area contributed by atoms with Crippen molar-refractivity contribution in [3.63, 3.8) is 0 Å². The third kappa shape index (κ3) is 5.13. The molecule has 2 rings (SSSR count). The maximum absolute atomic E-state index is 12.7. The molecule has 3 amide bonds. The molecule has 0 aromatic heterocycles. The summed E-state index contributed by atoms with van der Waals surface area (Å²) in [6.07, 6.45) is 0.323. The van der Waals surface area contributed by atoms with Crippen LogP contribution in [-0.4, -0.2) is 60.6 Å². The van der Waals surface area contributed by atoms with Crippen LogP contribution in [0, 0.1) is 13.8 Å². The summed E-state index contributed by atoms with van der Waals surface area (Å²) < 4.78 is 5.46. The molecule has 0 spiro atoms. The Labute approximate surface area is 156 Å². The summed E-state index contributed by atoms with van der Waals surface area (Å²) in [5.41, 5.74) is 2.87. The van der Waals surface area contributed by atoms with Crippen molar-refractivity contribution in [3.8, 4) is 5.75 Å². The van der Waals surface area contributed by atoms with E-state index >= 15 is 0 Å². The number of carbonyl (C=O) groups excluding carboxylic acids is 2. The van der Waals surface area contributed by atoms with E-state index in [4.69, 9.17) is 4.74 Å². The maximum atomic E-state index is 12.7. The monoisotopic (exact) mass is 361 g/mol. The van der Waals surface area contributed by atoms with Crippen molar-refractivity contribution >= 4 is 11.9 Å². The summed E-state index contributed by atoms with van der Waals surface area (Å²) in [6, 6.07) is 3.96. The summed E-state index contributed by atoms with van der Waals surface area (Å²) in [7, 11) is 1.63. The highest BCUT2D eigenvalue weighted by atomic mass is 16.5. The molecule has 0 atom stereocenters. The number of hydrogen-bond donors (Lipinski definition) is 1. The number of ether oxygens (including phenoxy) is 1. The topological polar surface area (TPSA) is 61.9 Å². The SMILES string of the molecule is COc1cc(C)cc(C)c1CC(=O)N1CCN(C(=O)NC(C)(C)C)CC1. The van der Waals surface area contributed by atoms with Gasteiger partial charge in [-0.3, -0.25) is 4.79 Å². The standard InChI is InChI=1S/C20H31N3O3/c1-14-11-15(2)16(17(12-14)26-6)13-18(24)22-7-9-23(10-8-22)19(25)21-20(3,4)5/h11-12H,7-10,13H2,1-6H3,(H,21,25). The Morgan fingerprint density at radius 3 is 2.19 bits per heavy atom. The molecule has 6 nitrogen and oxygen atoms in total. The van der Waals surface area contributed by atoms with Crippen LogP contribution in [0.15, 0.2) is 12.1 Å². The molecular formula is C20H31N3O3. The fourth-order valence-electron chi connectivity index (χ4n) is 3.19. The van der Waals surface area contributed by atoms with Crippen LogP contribution in [0.3, 0.4) is 0 Å². The minimum absolute atomic E-state index is 0.0688. The molecule has 0 bridgehead atoms. The Bertz CT molecular complexity index is 672. The van der Waals surface area contributed by atoms with Crippen LogP contribution >= 0.6 is 0 Å². The second-order valence-corrected chi connectivity index (χ2v) is 7.99. The van der Waals surface area contributed by atoms with E-state index in [1.54, 1.807) is 12.0 Å². The molecular weight excluding hydrogens is 330 g/mol. The second kappa shape index (κ2) is 7.98. The average molecular weight is 361 g/mol. The predicted molar refractivity (Wildman–Crippen MR) is 103 cm³/mol. The van der Waals surface area contributed by atoms with Gasteiger partial charge in [-0.25, -0.2) is 4.79 Å². The van der Waals surface area contributed by atoms with E-state index in [0.717, 1.165) is 22.4 Å². The lowest BCUT2D eigenvalue weighted by atomic mass is 10.0. The summed E-state index contributed by atoms with van der Waals surface area (Å²) in [5.74, 6) is 0.838. The van der Waals surface area contributed by atoms with E-state index in [9.17, 15) is 9.59 Å². The molecule has 6 heteroatoms. The van der Waals surface area contributed by atoms with Crippen molar-refractivity contribution in [3.05, 3.63) is 28.8 Å². The Morgan fingerprint density at radius 2 is 1.65 bits per heavy atom. The molecule has 0 radical (unpaired) electrons. The van der Waals surface area contributed by atoms with Gasteiger partial charge in [0.05, 0.1) is 13.5 Å². The highest BCUT2D eigenvalue weighted by Crippen LogP contribution is 2.25. The van der Waals surface area contributed by atoms with Crippen molar-refractivity contribution in [2.45, 2.75) is 46.6 Å². The molecule has 1 aliphatic heterocycles. The molecule has 1 heterocycles. The first-order valence-electron chi connectivity index (χ1n) is 9.09. The number of piperazine rings is 1. The number of rotatable bonds is 3. The lowest BCUT2D eigenvalue weighted by molar-refractivity contribution is -0.131. The molecule has 0 unspecified atom stereocenters. The minimum atomic E-state index is -0.260. The van der Waals surface area contributed by atoms with Gasteiger partial charge in [0.2, 0.25) is 5.91 Å². The van der Waals surface area contributed by atoms with E-state index in [-0.39, 0.29) is 17.5 Å². The van der Waals surface area contributed by atoms with Gasteiger partial charge in [-0.15, -0.1) is 0 Å². The zero-order chi connectivity index (χ0) is 19.5. The zero-order valence-corrected chi connectivity index (χ0v) is 16.8. The van der Waals surface area contributed by atoms with Crippen LogP contribution in [0.5, 0.6) is 5.75 Å². The predicted octanol–water partition coefficient (Wildman–Crippen LogP) is 2.51. The number of nitrogens with zero attached hydrogens (tertiary/aromatic N) is 2. The van der Waals surface area contributed by atoms with Crippen molar-refractivity contribution < 1.29 is 14.3 Å². The van der Waals surface area contributed by atoms with Crippen molar-refractivity contribution in [1.29, 1.82) is 0 Å². The third-order valence-electron chi connectivity index (χ3n) is 4.53. The fourth-order valence-corrected chi connectivity index (χ4v) is 3.19. The maximum Gasteiger partial charge on any atom is 0.317 e. The van der Waals surface area contributed by atoms with E-state index in [1.807, 2.05) is 45.6 Å². The third-order valence-corrected chi connectivity index (χ3v) is 4.53. The average Bonchev–Trinajstić information content (AvgIpc) is 2.55. The van der Waals surface area contributed by atoms with Gasteiger partial charge in [-0.05, 0) is 51.8 Å². The number of urea groups is 1. The zero-order valence-electron chi connectivity index (χ0n) is 16.8. The van der Waals surface area contributed by atoms with Crippen molar-refractivity contribution in [2.24, 2.45) is 0 Å². The first-order chi connectivity index (χ1) is 12.1. The first-order valence-corrected chi connectivity index (χ1v) is 9.09. The molecule has 1 fully saturated rings. The highest BCUT2D eigenvalue weighted by Gasteiger charge is 2.26. The molecule has 1 aliphatic rings. The van der Waals surface area contributed by atoms with Crippen molar-refractivity contribution in [2.75, 3.05) is 33.3 Å². The Kier molecular flexibility index (Phi) is 6.16. The van der Waals surface area contributed by atoms with Crippen LogP contribution in [0.4, 0.5) is 4.79 Å². The number of hydrogen-bond acceptors (Lipinski definition) is 3. The smallest absolute Gasteiger partial charge is 0.317 e.